The zero-order valence-corrected chi connectivity index (χ0v) is 12.4. The van der Waals surface area contributed by atoms with Crippen LogP contribution in [0.2, 0.25) is 0 Å². The van der Waals surface area contributed by atoms with Crippen LogP contribution < -0.4 is 4.74 Å². The highest BCUT2D eigenvalue weighted by Crippen LogP contribution is 2.43. The van der Waals surface area contributed by atoms with Crippen molar-refractivity contribution in [2.24, 2.45) is 5.92 Å². The Balaban J connectivity index is 2.20. The molecule has 0 unspecified atom stereocenters. The molecule has 0 aromatic heterocycles. The molecule has 3 nitrogen and oxygen atoms in total. The maximum absolute atomic E-state index is 11.9. The number of aliphatic carboxylic acids is 1. The minimum Gasteiger partial charge on any atom is -0.497 e. The molecule has 0 aliphatic heterocycles. The molecule has 2 rings (SSSR count). The van der Waals surface area contributed by atoms with Gasteiger partial charge in [0.2, 0.25) is 0 Å². The number of ether oxygens (including phenoxy) is 1. The first kappa shape index (κ1) is 14.9. The first-order valence-electron chi connectivity index (χ1n) is 7.50. The van der Waals surface area contributed by atoms with Crippen molar-refractivity contribution in [1.29, 1.82) is 0 Å². The molecule has 0 atom stereocenters. The van der Waals surface area contributed by atoms with E-state index in [1.54, 1.807) is 7.11 Å². The molecule has 1 aliphatic rings. The van der Waals surface area contributed by atoms with Gasteiger partial charge in [0, 0.05) is 0 Å². The lowest BCUT2D eigenvalue weighted by atomic mass is 9.66. The Kier molecular flexibility index (Phi) is 4.69. The normalized spacial score (nSPS) is 26.2. The molecule has 0 amide bonds. The Hall–Kier alpha value is -1.51. The minimum atomic E-state index is -0.698. The fourth-order valence-electron chi connectivity index (χ4n) is 3.40. The van der Waals surface area contributed by atoms with Crippen molar-refractivity contribution in [3.05, 3.63) is 29.8 Å². The summed E-state index contributed by atoms with van der Waals surface area (Å²) in [5.74, 6) is 0.789. The third kappa shape index (κ3) is 2.82. The molecular weight excluding hydrogens is 252 g/mol. The number of rotatable bonds is 5. The molecule has 3 heteroatoms. The highest BCUT2D eigenvalue weighted by molar-refractivity contribution is 5.81. The summed E-state index contributed by atoms with van der Waals surface area (Å²) in [5, 5.41) is 9.75. The lowest BCUT2D eigenvalue weighted by Gasteiger charge is -2.37. The van der Waals surface area contributed by atoms with Crippen molar-refractivity contribution in [3.8, 4) is 5.75 Å². The number of carboxylic acids is 1. The van der Waals surface area contributed by atoms with E-state index in [1.165, 1.54) is 12.8 Å². The SMILES string of the molecule is CCCC1CCC(C(=O)O)(c2ccc(OC)cc2)CC1. The Morgan fingerprint density at radius 1 is 1.30 bits per heavy atom. The van der Waals surface area contributed by atoms with E-state index < -0.39 is 11.4 Å². The van der Waals surface area contributed by atoms with E-state index in [2.05, 4.69) is 6.92 Å². The monoisotopic (exact) mass is 276 g/mol. The minimum absolute atomic E-state index is 0.683. The molecule has 0 saturated heterocycles. The topological polar surface area (TPSA) is 46.5 Å². The summed E-state index contributed by atoms with van der Waals surface area (Å²) in [7, 11) is 1.62. The summed E-state index contributed by atoms with van der Waals surface area (Å²) < 4.78 is 5.15. The van der Waals surface area contributed by atoms with Gasteiger partial charge in [0.05, 0.1) is 12.5 Å². The van der Waals surface area contributed by atoms with E-state index in [-0.39, 0.29) is 0 Å². The van der Waals surface area contributed by atoms with Gasteiger partial charge in [0.1, 0.15) is 5.75 Å². The molecule has 1 aromatic carbocycles. The van der Waals surface area contributed by atoms with Gasteiger partial charge in [-0.15, -0.1) is 0 Å². The number of carboxylic acid groups (broad SMARTS) is 1. The lowest BCUT2D eigenvalue weighted by molar-refractivity contribution is -0.145. The molecule has 1 aliphatic carbocycles. The van der Waals surface area contributed by atoms with Crippen molar-refractivity contribution < 1.29 is 14.6 Å². The van der Waals surface area contributed by atoms with Crippen LogP contribution in [0.4, 0.5) is 0 Å². The summed E-state index contributed by atoms with van der Waals surface area (Å²) in [5.41, 5.74) is 0.219. The summed E-state index contributed by atoms with van der Waals surface area (Å²) in [6, 6.07) is 7.54. The van der Waals surface area contributed by atoms with Gasteiger partial charge in [-0.05, 0) is 49.3 Å². The Labute approximate surface area is 121 Å². The molecule has 0 radical (unpaired) electrons. The Bertz CT molecular complexity index is 442. The second-order valence-corrected chi connectivity index (χ2v) is 5.85. The molecular formula is C17H24O3. The summed E-state index contributed by atoms with van der Waals surface area (Å²) in [6.07, 6.45) is 5.95. The summed E-state index contributed by atoms with van der Waals surface area (Å²) >= 11 is 0. The first-order chi connectivity index (χ1) is 9.62. The van der Waals surface area contributed by atoms with Crippen LogP contribution in [-0.2, 0) is 10.2 Å². The van der Waals surface area contributed by atoms with Crippen molar-refractivity contribution in [2.75, 3.05) is 7.11 Å². The first-order valence-corrected chi connectivity index (χ1v) is 7.50. The summed E-state index contributed by atoms with van der Waals surface area (Å²) in [4.78, 5) is 11.9. The van der Waals surface area contributed by atoms with Crippen molar-refractivity contribution >= 4 is 5.97 Å². The average Bonchev–Trinajstić information content (AvgIpc) is 2.48. The molecule has 1 fully saturated rings. The number of hydrogen-bond acceptors (Lipinski definition) is 2. The van der Waals surface area contributed by atoms with Crippen LogP contribution in [-0.4, -0.2) is 18.2 Å². The van der Waals surface area contributed by atoms with Crippen LogP contribution in [0.25, 0.3) is 0 Å². The van der Waals surface area contributed by atoms with Gasteiger partial charge in [0.15, 0.2) is 0 Å². The van der Waals surface area contributed by atoms with Crippen LogP contribution in [0.15, 0.2) is 24.3 Å². The zero-order chi connectivity index (χ0) is 14.6. The van der Waals surface area contributed by atoms with Gasteiger partial charge in [0.25, 0.3) is 0 Å². The Morgan fingerprint density at radius 2 is 1.90 bits per heavy atom. The van der Waals surface area contributed by atoms with E-state index in [9.17, 15) is 9.90 Å². The highest BCUT2D eigenvalue weighted by Gasteiger charge is 2.43. The van der Waals surface area contributed by atoms with E-state index in [0.717, 1.165) is 37.0 Å². The lowest BCUT2D eigenvalue weighted by Crippen LogP contribution is -2.39. The predicted molar refractivity (Wildman–Crippen MR) is 79.2 cm³/mol. The second kappa shape index (κ2) is 6.29. The van der Waals surface area contributed by atoms with Gasteiger partial charge >= 0.3 is 5.97 Å². The van der Waals surface area contributed by atoms with Gasteiger partial charge in [-0.3, -0.25) is 4.79 Å². The van der Waals surface area contributed by atoms with Crippen LogP contribution in [0.3, 0.4) is 0 Å². The van der Waals surface area contributed by atoms with Crippen LogP contribution in [0, 0.1) is 5.92 Å². The van der Waals surface area contributed by atoms with Gasteiger partial charge in [-0.25, -0.2) is 0 Å². The molecule has 20 heavy (non-hydrogen) atoms. The quantitative estimate of drug-likeness (QED) is 0.884. The maximum atomic E-state index is 11.9. The number of carbonyl (C=O) groups is 1. The molecule has 110 valence electrons. The Morgan fingerprint density at radius 3 is 2.35 bits per heavy atom. The molecule has 0 spiro atoms. The van der Waals surface area contributed by atoms with Gasteiger partial charge < -0.3 is 9.84 Å². The van der Waals surface area contributed by atoms with Gasteiger partial charge in [-0.2, -0.15) is 0 Å². The van der Waals surface area contributed by atoms with Gasteiger partial charge in [-0.1, -0.05) is 31.9 Å². The second-order valence-electron chi connectivity index (χ2n) is 5.85. The fourth-order valence-corrected chi connectivity index (χ4v) is 3.40. The van der Waals surface area contributed by atoms with Crippen LogP contribution in [0.1, 0.15) is 51.0 Å². The highest BCUT2D eigenvalue weighted by atomic mass is 16.5. The van der Waals surface area contributed by atoms with E-state index in [1.807, 2.05) is 24.3 Å². The largest absolute Gasteiger partial charge is 0.497 e. The van der Waals surface area contributed by atoms with Crippen LogP contribution in [0.5, 0.6) is 5.75 Å². The maximum Gasteiger partial charge on any atom is 0.314 e. The fraction of sp³-hybridized carbons (Fsp3) is 0.588. The molecule has 0 heterocycles. The average molecular weight is 276 g/mol. The zero-order valence-electron chi connectivity index (χ0n) is 12.4. The number of methoxy groups -OCH3 is 1. The third-order valence-corrected chi connectivity index (χ3v) is 4.71. The summed E-state index contributed by atoms with van der Waals surface area (Å²) in [6.45, 7) is 2.20. The van der Waals surface area contributed by atoms with E-state index in [4.69, 9.17) is 4.74 Å². The third-order valence-electron chi connectivity index (χ3n) is 4.71. The standard InChI is InChI=1S/C17H24O3/c1-3-4-13-9-11-17(12-10-13,16(18)19)14-5-7-15(20-2)8-6-14/h5-8,13H,3-4,9-12H2,1-2H3,(H,18,19). The number of benzene rings is 1. The number of hydrogen-bond donors (Lipinski definition) is 1. The molecule has 0 bridgehead atoms. The molecule has 1 N–H and O–H groups in total. The van der Waals surface area contributed by atoms with Crippen molar-refractivity contribution in [2.45, 2.75) is 50.9 Å². The molecule has 1 aromatic rings. The van der Waals surface area contributed by atoms with E-state index in [0.29, 0.717) is 5.92 Å². The van der Waals surface area contributed by atoms with Crippen molar-refractivity contribution in [1.82, 2.24) is 0 Å². The molecule has 1 saturated carbocycles. The predicted octanol–water partition coefficient (Wildman–Crippen LogP) is 4.01. The smallest absolute Gasteiger partial charge is 0.314 e. The van der Waals surface area contributed by atoms with Crippen LogP contribution >= 0.6 is 0 Å². The van der Waals surface area contributed by atoms with E-state index >= 15 is 0 Å². The van der Waals surface area contributed by atoms with Crippen molar-refractivity contribution in [3.63, 3.8) is 0 Å².